The van der Waals surface area contributed by atoms with Gasteiger partial charge in [-0.2, -0.15) is 0 Å². The SMILES string of the molecule is Cc1c(F)c(OCc2noc(=O)[nH]2)c(F)c(C)c1Cc1ccc(O)c(-c2ccccc2)n1. The molecule has 0 bridgehead atoms. The van der Waals surface area contributed by atoms with Crippen molar-refractivity contribution in [1.29, 1.82) is 0 Å². The molecule has 2 N–H and O–H groups in total. The number of H-pyrrole nitrogens is 1. The fraction of sp³-hybridized carbons (Fsp3) is 0.174. The average molecular weight is 439 g/mol. The first-order valence-electron chi connectivity index (χ1n) is 9.74. The van der Waals surface area contributed by atoms with Crippen LogP contribution in [0.2, 0.25) is 0 Å². The van der Waals surface area contributed by atoms with Crippen molar-refractivity contribution < 1.29 is 23.1 Å². The van der Waals surface area contributed by atoms with Gasteiger partial charge >= 0.3 is 5.76 Å². The molecule has 164 valence electrons. The molecule has 2 aromatic carbocycles. The zero-order chi connectivity index (χ0) is 22.8. The number of nitrogens with zero attached hydrogens (tertiary/aromatic N) is 2. The molecule has 32 heavy (non-hydrogen) atoms. The normalized spacial score (nSPS) is 11.0. The number of benzene rings is 2. The van der Waals surface area contributed by atoms with Gasteiger partial charge in [0.15, 0.2) is 23.2 Å². The van der Waals surface area contributed by atoms with Crippen molar-refractivity contribution >= 4 is 0 Å². The summed E-state index contributed by atoms with van der Waals surface area (Å²) < 4.78 is 39.5. The van der Waals surface area contributed by atoms with E-state index in [0.717, 1.165) is 5.56 Å². The maximum atomic E-state index is 15.0. The second kappa shape index (κ2) is 8.62. The Kier molecular flexibility index (Phi) is 5.72. The van der Waals surface area contributed by atoms with E-state index in [1.54, 1.807) is 6.07 Å². The van der Waals surface area contributed by atoms with Gasteiger partial charge in [-0.15, -0.1) is 0 Å². The Hall–Kier alpha value is -4.01. The minimum absolute atomic E-state index is 0.00918. The van der Waals surface area contributed by atoms with Crippen LogP contribution in [-0.2, 0) is 13.0 Å². The minimum Gasteiger partial charge on any atom is -0.506 e. The number of pyridine rings is 1. The molecule has 0 saturated heterocycles. The molecule has 0 aliphatic rings. The third kappa shape index (κ3) is 4.09. The van der Waals surface area contributed by atoms with Gasteiger partial charge in [-0.1, -0.05) is 35.5 Å². The molecule has 0 amide bonds. The maximum Gasteiger partial charge on any atom is 0.439 e. The summed E-state index contributed by atoms with van der Waals surface area (Å²) in [5, 5.41) is 13.6. The largest absolute Gasteiger partial charge is 0.506 e. The van der Waals surface area contributed by atoms with Gasteiger partial charge in [0.25, 0.3) is 0 Å². The molecule has 0 unspecified atom stereocenters. The molecular formula is C23H19F2N3O4. The Labute approximate surface area is 181 Å². The van der Waals surface area contributed by atoms with Crippen molar-refractivity contribution in [2.75, 3.05) is 0 Å². The fourth-order valence-electron chi connectivity index (χ4n) is 3.42. The van der Waals surface area contributed by atoms with Crippen molar-refractivity contribution in [3.63, 3.8) is 0 Å². The molecular weight excluding hydrogens is 420 g/mol. The van der Waals surface area contributed by atoms with Crippen molar-refractivity contribution in [3.8, 4) is 22.8 Å². The molecule has 7 nitrogen and oxygen atoms in total. The zero-order valence-corrected chi connectivity index (χ0v) is 17.3. The van der Waals surface area contributed by atoms with E-state index < -0.39 is 23.1 Å². The average Bonchev–Trinajstić information content (AvgIpc) is 3.22. The summed E-state index contributed by atoms with van der Waals surface area (Å²) >= 11 is 0. The lowest BCUT2D eigenvalue weighted by Gasteiger charge is -2.16. The predicted octanol–water partition coefficient (Wildman–Crippen LogP) is 4.20. The van der Waals surface area contributed by atoms with Crippen LogP contribution in [0, 0.1) is 25.5 Å². The standard InChI is InChI=1S/C23H19F2N3O4/c1-12-16(10-15-8-9-17(29)21(26-15)14-6-4-3-5-7-14)13(2)20(25)22(19(12)24)31-11-18-27-23(30)32-28-18/h3-9,29H,10-11H2,1-2H3,(H,27,28,30). The van der Waals surface area contributed by atoms with Gasteiger partial charge in [-0.25, -0.2) is 18.6 Å². The summed E-state index contributed by atoms with van der Waals surface area (Å²) in [6, 6.07) is 12.3. The number of rotatable bonds is 6. The number of aromatic nitrogens is 3. The number of nitrogens with one attached hydrogen (secondary N) is 1. The first kappa shape index (κ1) is 21.2. The number of hydrogen-bond acceptors (Lipinski definition) is 6. The summed E-state index contributed by atoms with van der Waals surface area (Å²) in [4.78, 5) is 17.7. The third-order valence-corrected chi connectivity index (χ3v) is 5.14. The Morgan fingerprint density at radius 3 is 2.38 bits per heavy atom. The second-order valence-electron chi connectivity index (χ2n) is 7.23. The molecule has 4 aromatic rings. The van der Waals surface area contributed by atoms with E-state index in [0.29, 0.717) is 17.0 Å². The highest BCUT2D eigenvalue weighted by Gasteiger charge is 2.22. The summed E-state index contributed by atoms with van der Waals surface area (Å²) in [6.07, 6.45) is 0.155. The van der Waals surface area contributed by atoms with Gasteiger partial charge in [-0.05, 0) is 42.7 Å². The van der Waals surface area contributed by atoms with Crippen LogP contribution < -0.4 is 10.5 Å². The molecule has 0 saturated carbocycles. The molecule has 0 fully saturated rings. The Morgan fingerprint density at radius 2 is 1.75 bits per heavy atom. The van der Waals surface area contributed by atoms with Crippen LogP contribution in [0.25, 0.3) is 11.3 Å². The zero-order valence-electron chi connectivity index (χ0n) is 17.3. The summed E-state index contributed by atoms with van der Waals surface area (Å²) in [7, 11) is 0. The molecule has 0 aliphatic heterocycles. The van der Waals surface area contributed by atoms with Crippen LogP contribution in [0.3, 0.4) is 0 Å². The highest BCUT2D eigenvalue weighted by Crippen LogP contribution is 2.34. The van der Waals surface area contributed by atoms with Gasteiger partial charge < -0.3 is 9.84 Å². The molecule has 0 aliphatic carbocycles. The molecule has 2 aromatic heterocycles. The Morgan fingerprint density at radius 1 is 1.06 bits per heavy atom. The topological polar surface area (TPSA) is 101 Å². The third-order valence-electron chi connectivity index (χ3n) is 5.14. The Balaban J connectivity index is 1.65. The molecule has 4 rings (SSSR count). The van der Waals surface area contributed by atoms with E-state index in [9.17, 15) is 18.7 Å². The van der Waals surface area contributed by atoms with Gasteiger partial charge in [-0.3, -0.25) is 9.51 Å². The molecule has 0 radical (unpaired) electrons. The minimum atomic E-state index is -0.851. The lowest BCUT2D eigenvalue weighted by Crippen LogP contribution is -2.09. The van der Waals surface area contributed by atoms with Crippen molar-refractivity contribution in [2.45, 2.75) is 26.9 Å². The summed E-state index contributed by atoms with van der Waals surface area (Å²) in [5.41, 5.74) is 2.51. The number of aromatic hydroxyl groups is 1. The first-order chi connectivity index (χ1) is 15.3. The quantitative estimate of drug-likeness (QED) is 0.467. The molecule has 0 atom stereocenters. The lowest BCUT2D eigenvalue weighted by atomic mass is 9.96. The lowest BCUT2D eigenvalue weighted by molar-refractivity contribution is 0.257. The van der Waals surface area contributed by atoms with E-state index in [1.165, 1.54) is 19.9 Å². The van der Waals surface area contributed by atoms with Crippen LogP contribution in [0.1, 0.15) is 28.2 Å². The fourth-order valence-corrected chi connectivity index (χ4v) is 3.42. The van der Waals surface area contributed by atoms with E-state index >= 15 is 0 Å². The van der Waals surface area contributed by atoms with E-state index in [-0.39, 0.29) is 35.7 Å². The van der Waals surface area contributed by atoms with Crippen LogP contribution in [0.4, 0.5) is 8.78 Å². The van der Waals surface area contributed by atoms with Gasteiger partial charge in [0.2, 0.25) is 0 Å². The van der Waals surface area contributed by atoms with E-state index in [1.807, 2.05) is 30.3 Å². The second-order valence-corrected chi connectivity index (χ2v) is 7.23. The highest BCUT2D eigenvalue weighted by atomic mass is 19.1. The predicted molar refractivity (Wildman–Crippen MR) is 111 cm³/mol. The smallest absolute Gasteiger partial charge is 0.439 e. The summed E-state index contributed by atoms with van der Waals surface area (Å²) in [5.74, 6) is -3.03. The number of hydrogen-bond donors (Lipinski definition) is 2. The van der Waals surface area contributed by atoms with Crippen LogP contribution >= 0.6 is 0 Å². The van der Waals surface area contributed by atoms with E-state index in [2.05, 4.69) is 19.6 Å². The van der Waals surface area contributed by atoms with Crippen LogP contribution in [-0.4, -0.2) is 20.2 Å². The van der Waals surface area contributed by atoms with Crippen molar-refractivity contribution in [2.24, 2.45) is 0 Å². The van der Waals surface area contributed by atoms with Gasteiger partial charge in [0.1, 0.15) is 18.1 Å². The highest BCUT2D eigenvalue weighted by molar-refractivity contribution is 5.66. The van der Waals surface area contributed by atoms with Crippen LogP contribution in [0.15, 0.2) is 51.8 Å². The molecule has 0 spiro atoms. The number of ether oxygens (including phenoxy) is 1. The molecule has 9 heteroatoms. The molecule has 2 heterocycles. The van der Waals surface area contributed by atoms with Crippen LogP contribution in [0.5, 0.6) is 11.5 Å². The summed E-state index contributed by atoms with van der Waals surface area (Å²) in [6.45, 7) is 2.69. The number of halogens is 2. The van der Waals surface area contributed by atoms with Crippen molar-refractivity contribution in [1.82, 2.24) is 15.1 Å². The van der Waals surface area contributed by atoms with Gasteiger partial charge in [0.05, 0.1) is 0 Å². The number of aromatic amines is 1. The Bertz CT molecular complexity index is 1300. The maximum absolute atomic E-state index is 15.0. The van der Waals surface area contributed by atoms with E-state index in [4.69, 9.17) is 4.74 Å². The monoisotopic (exact) mass is 439 g/mol. The van der Waals surface area contributed by atoms with Gasteiger partial charge in [0, 0.05) is 17.7 Å². The van der Waals surface area contributed by atoms with Crippen molar-refractivity contribution in [3.05, 3.63) is 92.9 Å². The first-order valence-corrected chi connectivity index (χ1v) is 9.74.